The summed E-state index contributed by atoms with van der Waals surface area (Å²) < 4.78 is 1.69. The van der Waals surface area contributed by atoms with Crippen molar-refractivity contribution in [3.8, 4) is 5.69 Å². The van der Waals surface area contributed by atoms with E-state index in [2.05, 4.69) is 4.98 Å². The van der Waals surface area contributed by atoms with E-state index in [1.807, 2.05) is 0 Å². The SMILES string of the molecule is Cc1cc(-n2ccnc2)cc([N+](=O)[O-])c1N. The Balaban J connectivity index is 2.62. The molecule has 0 amide bonds. The second-order valence-corrected chi connectivity index (χ2v) is 3.42. The molecule has 2 rings (SSSR count). The van der Waals surface area contributed by atoms with Crippen molar-refractivity contribution in [3.05, 3.63) is 46.5 Å². The van der Waals surface area contributed by atoms with Crippen LogP contribution >= 0.6 is 0 Å². The molecule has 0 saturated carbocycles. The lowest BCUT2D eigenvalue weighted by atomic mass is 10.1. The summed E-state index contributed by atoms with van der Waals surface area (Å²) >= 11 is 0. The number of anilines is 1. The number of nitro benzene ring substituents is 1. The van der Waals surface area contributed by atoms with Crippen LogP contribution in [0.3, 0.4) is 0 Å². The minimum Gasteiger partial charge on any atom is -0.393 e. The van der Waals surface area contributed by atoms with Gasteiger partial charge in [-0.25, -0.2) is 4.98 Å². The molecular formula is C10H10N4O2. The Morgan fingerprint density at radius 2 is 2.25 bits per heavy atom. The first-order valence-electron chi connectivity index (χ1n) is 4.62. The normalized spacial score (nSPS) is 10.3. The van der Waals surface area contributed by atoms with Gasteiger partial charge in [0.05, 0.1) is 16.9 Å². The fourth-order valence-electron chi connectivity index (χ4n) is 1.47. The standard InChI is InChI=1S/C10H10N4O2/c1-7-4-8(13-3-2-12-6-13)5-9(10(7)11)14(15)16/h2-6H,11H2,1H3. The van der Waals surface area contributed by atoms with Crippen LogP contribution in [-0.2, 0) is 0 Å². The van der Waals surface area contributed by atoms with Gasteiger partial charge < -0.3 is 10.3 Å². The topological polar surface area (TPSA) is 87.0 Å². The Morgan fingerprint density at radius 1 is 1.50 bits per heavy atom. The number of rotatable bonds is 2. The number of aryl methyl sites for hydroxylation is 1. The monoisotopic (exact) mass is 218 g/mol. The molecule has 6 nitrogen and oxygen atoms in total. The second kappa shape index (κ2) is 3.65. The van der Waals surface area contributed by atoms with Crippen LogP contribution in [0.4, 0.5) is 11.4 Å². The Labute approximate surface area is 91.5 Å². The van der Waals surface area contributed by atoms with Crippen LogP contribution in [0.25, 0.3) is 5.69 Å². The number of nitrogen functional groups attached to an aromatic ring is 1. The molecule has 0 radical (unpaired) electrons. The summed E-state index contributed by atoms with van der Waals surface area (Å²) in [6, 6.07) is 3.22. The van der Waals surface area contributed by atoms with E-state index in [4.69, 9.17) is 5.73 Å². The summed E-state index contributed by atoms with van der Waals surface area (Å²) in [7, 11) is 0. The maximum absolute atomic E-state index is 10.8. The molecule has 82 valence electrons. The van der Waals surface area contributed by atoms with Gasteiger partial charge in [0.25, 0.3) is 5.69 Å². The number of nitrogens with two attached hydrogens (primary N) is 1. The first-order chi connectivity index (χ1) is 7.59. The van der Waals surface area contributed by atoms with Gasteiger partial charge >= 0.3 is 0 Å². The fraction of sp³-hybridized carbons (Fsp3) is 0.100. The molecule has 0 aliphatic rings. The highest BCUT2D eigenvalue weighted by Gasteiger charge is 2.15. The van der Waals surface area contributed by atoms with Crippen LogP contribution in [0, 0.1) is 17.0 Å². The predicted molar refractivity (Wildman–Crippen MR) is 59.4 cm³/mol. The molecule has 0 fully saturated rings. The summed E-state index contributed by atoms with van der Waals surface area (Å²) in [4.78, 5) is 14.2. The number of nitro groups is 1. The minimum atomic E-state index is -0.483. The maximum Gasteiger partial charge on any atom is 0.294 e. The summed E-state index contributed by atoms with van der Waals surface area (Å²) in [6.45, 7) is 1.74. The summed E-state index contributed by atoms with van der Waals surface area (Å²) in [5.41, 5.74) is 7.12. The zero-order valence-electron chi connectivity index (χ0n) is 8.62. The molecule has 0 aliphatic carbocycles. The zero-order valence-corrected chi connectivity index (χ0v) is 8.62. The van der Waals surface area contributed by atoms with E-state index in [9.17, 15) is 10.1 Å². The largest absolute Gasteiger partial charge is 0.393 e. The van der Waals surface area contributed by atoms with E-state index in [1.54, 1.807) is 36.3 Å². The van der Waals surface area contributed by atoms with Crippen LogP contribution in [-0.4, -0.2) is 14.5 Å². The third-order valence-corrected chi connectivity index (χ3v) is 2.35. The van der Waals surface area contributed by atoms with E-state index < -0.39 is 4.92 Å². The van der Waals surface area contributed by atoms with Crippen LogP contribution in [0.1, 0.15) is 5.56 Å². The van der Waals surface area contributed by atoms with Gasteiger partial charge in [-0.2, -0.15) is 0 Å². The van der Waals surface area contributed by atoms with Gasteiger partial charge in [-0.1, -0.05) is 0 Å². The average Bonchev–Trinajstić information content (AvgIpc) is 2.74. The first kappa shape index (κ1) is 10.2. The van der Waals surface area contributed by atoms with Crippen molar-refractivity contribution < 1.29 is 4.92 Å². The fourth-order valence-corrected chi connectivity index (χ4v) is 1.47. The first-order valence-corrected chi connectivity index (χ1v) is 4.62. The maximum atomic E-state index is 10.8. The van der Waals surface area contributed by atoms with Crippen molar-refractivity contribution >= 4 is 11.4 Å². The smallest absolute Gasteiger partial charge is 0.294 e. The number of nitrogens with zero attached hydrogens (tertiary/aromatic N) is 3. The number of hydrogen-bond donors (Lipinski definition) is 1. The molecule has 0 unspecified atom stereocenters. The Bertz CT molecular complexity index is 534. The highest BCUT2D eigenvalue weighted by atomic mass is 16.6. The Morgan fingerprint density at radius 3 is 2.81 bits per heavy atom. The molecular weight excluding hydrogens is 208 g/mol. The number of imidazole rings is 1. The third-order valence-electron chi connectivity index (χ3n) is 2.35. The Hall–Kier alpha value is -2.37. The van der Waals surface area contributed by atoms with Crippen molar-refractivity contribution in [3.63, 3.8) is 0 Å². The zero-order chi connectivity index (χ0) is 11.7. The molecule has 1 aromatic heterocycles. The number of hydrogen-bond acceptors (Lipinski definition) is 4. The number of aromatic nitrogens is 2. The molecule has 1 aromatic carbocycles. The van der Waals surface area contributed by atoms with E-state index in [-0.39, 0.29) is 11.4 Å². The molecule has 2 N–H and O–H groups in total. The van der Waals surface area contributed by atoms with Crippen LogP contribution in [0.5, 0.6) is 0 Å². The van der Waals surface area contributed by atoms with E-state index in [1.165, 1.54) is 6.07 Å². The molecule has 0 saturated heterocycles. The lowest BCUT2D eigenvalue weighted by Crippen LogP contribution is -2.01. The molecule has 6 heteroatoms. The summed E-state index contributed by atoms with van der Waals surface area (Å²) in [5.74, 6) is 0. The third kappa shape index (κ3) is 1.60. The lowest BCUT2D eigenvalue weighted by molar-refractivity contribution is -0.383. The highest BCUT2D eigenvalue weighted by Crippen LogP contribution is 2.28. The van der Waals surface area contributed by atoms with Crippen LogP contribution < -0.4 is 5.73 Å². The van der Waals surface area contributed by atoms with Gasteiger partial charge in [-0.15, -0.1) is 0 Å². The quantitative estimate of drug-likeness (QED) is 0.472. The van der Waals surface area contributed by atoms with Gasteiger partial charge in [-0.3, -0.25) is 10.1 Å². The minimum absolute atomic E-state index is 0.0799. The van der Waals surface area contributed by atoms with Crippen LogP contribution in [0.2, 0.25) is 0 Å². The van der Waals surface area contributed by atoms with Gasteiger partial charge in [0.15, 0.2) is 0 Å². The summed E-state index contributed by atoms with van der Waals surface area (Å²) in [6.07, 6.45) is 4.90. The molecule has 2 aromatic rings. The van der Waals surface area contributed by atoms with Crippen molar-refractivity contribution in [2.24, 2.45) is 0 Å². The second-order valence-electron chi connectivity index (χ2n) is 3.42. The van der Waals surface area contributed by atoms with Crippen molar-refractivity contribution in [1.82, 2.24) is 9.55 Å². The molecule has 0 bridgehead atoms. The molecule has 0 aliphatic heterocycles. The number of benzene rings is 1. The van der Waals surface area contributed by atoms with Crippen molar-refractivity contribution in [2.45, 2.75) is 6.92 Å². The average molecular weight is 218 g/mol. The van der Waals surface area contributed by atoms with Gasteiger partial charge in [0.2, 0.25) is 0 Å². The van der Waals surface area contributed by atoms with Crippen molar-refractivity contribution in [1.29, 1.82) is 0 Å². The van der Waals surface area contributed by atoms with Crippen molar-refractivity contribution in [2.75, 3.05) is 5.73 Å². The van der Waals surface area contributed by atoms with E-state index in [0.29, 0.717) is 11.3 Å². The van der Waals surface area contributed by atoms with E-state index in [0.717, 1.165) is 0 Å². The summed E-state index contributed by atoms with van der Waals surface area (Å²) in [5, 5.41) is 10.8. The van der Waals surface area contributed by atoms with Gasteiger partial charge in [0.1, 0.15) is 5.69 Å². The van der Waals surface area contributed by atoms with E-state index >= 15 is 0 Å². The molecule has 1 heterocycles. The predicted octanol–water partition coefficient (Wildman–Crippen LogP) is 1.67. The highest BCUT2D eigenvalue weighted by molar-refractivity contribution is 5.66. The lowest BCUT2D eigenvalue weighted by Gasteiger charge is -2.06. The van der Waals surface area contributed by atoms with Gasteiger partial charge in [-0.05, 0) is 18.6 Å². The molecule has 0 atom stereocenters. The Kier molecular flexibility index (Phi) is 2.32. The van der Waals surface area contributed by atoms with Crippen LogP contribution in [0.15, 0.2) is 30.9 Å². The van der Waals surface area contributed by atoms with Gasteiger partial charge in [0, 0.05) is 18.5 Å². The molecule has 0 spiro atoms. The molecule has 16 heavy (non-hydrogen) atoms.